The molecular formula is C36H38O7S. The zero-order chi connectivity index (χ0) is 30.3. The van der Waals surface area contributed by atoms with E-state index in [4.69, 9.17) is 33.2 Å². The molecule has 4 aromatic carbocycles. The molecule has 0 N–H and O–H groups in total. The fourth-order valence-electron chi connectivity index (χ4n) is 5.37. The highest BCUT2D eigenvalue weighted by molar-refractivity contribution is 7.99. The molecule has 8 heteroatoms. The van der Waals surface area contributed by atoms with E-state index in [2.05, 4.69) is 31.2 Å². The first-order valence-corrected chi connectivity index (χ1v) is 15.7. The van der Waals surface area contributed by atoms with Crippen LogP contribution in [0.1, 0.15) is 28.5 Å². The average molecular weight is 615 g/mol. The van der Waals surface area contributed by atoms with Crippen LogP contribution in [-0.2, 0) is 36.9 Å². The molecular weight excluding hydrogens is 576 g/mol. The molecule has 0 unspecified atom stereocenters. The first-order valence-electron chi connectivity index (χ1n) is 14.8. The lowest BCUT2D eigenvalue weighted by atomic mass is 9.98. The lowest BCUT2D eigenvalue weighted by Crippen LogP contribution is -2.62. The van der Waals surface area contributed by atoms with Crippen LogP contribution in [-0.4, -0.2) is 50.7 Å². The fourth-order valence-corrected chi connectivity index (χ4v) is 6.49. The highest BCUT2D eigenvalue weighted by Gasteiger charge is 2.51. The van der Waals surface area contributed by atoms with E-state index < -0.39 is 24.6 Å². The number of hydrogen-bond donors (Lipinski definition) is 0. The molecule has 0 amide bonds. The molecule has 0 aliphatic carbocycles. The zero-order valence-electron chi connectivity index (χ0n) is 25.2. The Morgan fingerprint density at radius 1 is 0.682 bits per heavy atom. The highest BCUT2D eigenvalue weighted by Crippen LogP contribution is 2.41. The van der Waals surface area contributed by atoms with Gasteiger partial charge >= 0.3 is 0 Å². The summed E-state index contributed by atoms with van der Waals surface area (Å²) in [5.74, 6) is 1.60. The molecule has 2 fully saturated rings. The second-order valence-electron chi connectivity index (χ2n) is 10.9. The van der Waals surface area contributed by atoms with E-state index in [9.17, 15) is 0 Å². The summed E-state index contributed by atoms with van der Waals surface area (Å²) in [5.41, 5.74) is 3.84. The van der Waals surface area contributed by atoms with E-state index in [0.29, 0.717) is 19.8 Å². The normalized spacial score (nSPS) is 24.8. The van der Waals surface area contributed by atoms with Gasteiger partial charge in [-0.25, -0.2) is 0 Å². The first-order chi connectivity index (χ1) is 21.6. The van der Waals surface area contributed by atoms with E-state index in [1.165, 1.54) is 5.56 Å². The minimum Gasteiger partial charge on any atom is -0.497 e. The first kappa shape index (κ1) is 30.6. The third-order valence-corrected chi connectivity index (χ3v) is 8.99. The molecule has 0 spiro atoms. The van der Waals surface area contributed by atoms with Crippen LogP contribution in [0.3, 0.4) is 0 Å². The van der Waals surface area contributed by atoms with Crippen molar-refractivity contribution in [3.8, 4) is 11.5 Å². The molecule has 0 saturated carbocycles. The maximum Gasteiger partial charge on any atom is 0.184 e. The van der Waals surface area contributed by atoms with Crippen molar-refractivity contribution in [3.05, 3.63) is 125 Å². The van der Waals surface area contributed by atoms with Crippen LogP contribution in [0.2, 0.25) is 0 Å². The number of thioether (sulfide) groups is 1. The molecule has 230 valence electrons. The molecule has 0 bridgehead atoms. The molecule has 0 radical (unpaired) electrons. The predicted molar refractivity (Wildman–Crippen MR) is 169 cm³/mol. The van der Waals surface area contributed by atoms with Crippen LogP contribution in [0.5, 0.6) is 11.5 Å². The van der Waals surface area contributed by atoms with Gasteiger partial charge in [-0.1, -0.05) is 84.1 Å². The van der Waals surface area contributed by atoms with Gasteiger partial charge in [-0.15, -0.1) is 0 Å². The molecule has 2 aliphatic rings. The number of benzene rings is 4. The number of rotatable bonds is 11. The molecule has 7 nitrogen and oxygen atoms in total. The van der Waals surface area contributed by atoms with Crippen molar-refractivity contribution in [2.45, 2.75) is 61.2 Å². The van der Waals surface area contributed by atoms with Gasteiger partial charge < -0.3 is 33.2 Å². The van der Waals surface area contributed by atoms with Gasteiger partial charge in [0.05, 0.1) is 34.0 Å². The SMILES string of the molecule is COc1ccc(CO[C@@H]2[C@@H](OCc3ccc(OC)cc3)[C@H](Sc3ccc(C)cc3)O[C@@H]3CO[C@@H](c4ccccc4)O[C@@H]23)cc1. The van der Waals surface area contributed by atoms with Crippen LogP contribution < -0.4 is 9.47 Å². The number of hydrogen-bond acceptors (Lipinski definition) is 8. The number of fused-ring (bicyclic) bond motifs is 1. The van der Waals surface area contributed by atoms with Gasteiger partial charge in [-0.05, 0) is 54.4 Å². The number of methoxy groups -OCH3 is 2. The van der Waals surface area contributed by atoms with Gasteiger partial charge in [0.15, 0.2) is 6.29 Å². The molecule has 2 saturated heterocycles. The third kappa shape index (κ3) is 7.46. The summed E-state index contributed by atoms with van der Waals surface area (Å²) >= 11 is 1.63. The lowest BCUT2D eigenvalue weighted by molar-refractivity contribution is -0.329. The minimum absolute atomic E-state index is 0.334. The van der Waals surface area contributed by atoms with Crippen LogP contribution in [0.25, 0.3) is 0 Å². The summed E-state index contributed by atoms with van der Waals surface area (Å²) < 4.78 is 43.7. The van der Waals surface area contributed by atoms with Crippen molar-refractivity contribution < 1.29 is 33.2 Å². The van der Waals surface area contributed by atoms with Crippen molar-refractivity contribution in [2.75, 3.05) is 20.8 Å². The Morgan fingerprint density at radius 3 is 1.86 bits per heavy atom. The van der Waals surface area contributed by atoms with Crippen LogP contribution in [0.15, 0.2) is 108 Å². The van der Waals surface area contributed by atoms with E-state index in [0.717, 1.165) is 33.1 Å². The maximum absolute atomic E-state index is 6.76. The third-order valence-electron chi connectivity index (χ3n) is 7.83. The largest absolute Gasteiger partial charge is 0.497 e. The minimum atomic E-state index is -0.531. The van der Waals surface area contributed by atoms with Crippen molar-refractivity contribution in [2.24, 2.45) is 0 Å². The summed E-state index contributed by atoms with van der Waals surface area (Å²) in [5, 5.41) is 0. The van der Waals surface area contributed by atoms with E-state index >= 15 is 0 Å². The molecule has 2 heterocycles. The predicted octanol–water partition coefficient (Wildman–Crippen LogP) is 7.11. The van der Waals surface area contributed by atoms with Crippen molar-refractivity contribution in [1.29, 1.82) is 0 Å². The quantitative estimate of drug-likeness (QED) is 0.177. The Kier molecular flexibility index (Phi) is 10.2. The monoisotopic (exact) mass is 614 g/mol. The second-order valence-corrected chi connectivity index (χ2v) is 12.1. The summed E-state index contributed by atoms with van der Waals surface area (Å²) in [4.78, 5) is 1.09. The Morgan fingerprint density at radius 2 is 1.27 bits per heavy atom. The molecule has 44 heavy (non-hydrogen) atoms. The standard InChI is InChI=1S/C36H38O7S/c1-24-9-19-30(20-10-24)44-36-34(40-22-26-13-17-29(38-3)18-14-26)33(39-21-25-11-15-28(37-2)16-12-25)32-31(42-36)23-41-35(43-32)27-7-5-4-6-8-27/h4-20,31-36H,21-23H2,1-3H3/t31-,32-,33+,34-,35-,36+/m1/s1. The van der Waals surface area contributed by atoms with Crippen molar-refractivity contribution in [1.82, 2.24) is 0 Å². The van der Waals surface area contributed by atoms with Gasteiger partial charge in [-0.2, -0.15) is 0 Å². The average Bonchev–Trinajstić information content (AvgIpc) is 3.08. The fraction of sp³-hybridized carbons (Fsp3) is 0.333. The Balaban J connectivity index is 1.30. The maximum atomic E-state index is 6.76. The van der Waals surface area contributed by atoms with Crippen molar-refractivity contribution in [3.63, 3.8) is 0 Å². The van der Waals surface area contributed by atoms with Gasteiger partial charge in [0.1, 0.15) is 41.4 Å². The van der Waals surface area contributed by atoms with Gasteiger partial charge in [0, 0.05) is 10.5 Å². The van der Waals surface area contributed by atoms with E-state index in [1.807, 2.05) is 78.9 Å². The molecule has 2 aliphatic heterocycles. The zero-order valence-corrected chi connectivity index (χ0v) is 26.0. The summed E-state index contributed by atoms with van der Waals surface area (Å²) in [6.07, 6.45) is -2.16. The Hall–Kier alpha value is -3.37. The van der Waals surface area contributed by atoms with Crippen LogP contribution >= 0.6 is 11.8 Å². The molecule has 6 atom stereocenters. The topological polar surface area (TPSA) is 64.6 Å². The van der Waals surface area contributed by atoms with Crippen molar-refractivity contribution >= 4 is 11.8 Å². The molecule has 0 aromatic heterocycles. The number of aryl methyl sites for hydroxylation is 1. The second kappa shape index (κ2) is 14.6. The van der Waals surface area contributed by atoms with Gasteiger partial charge in [-0.3, -0.25) is 0 Å². The van der Waals surface area contributed by atoms with E-state index in [1.54, 1.807) is 26.0 Å². The number of ether oxygens (including phenoxy) is 7. The molecule has 6 rings (SSSR count). The highest BCUT2D eigenvalue weighted by atomic mass is 32.2. The van der Waals surface area contributed by atoms with Gasteiger partial charge in [0.25, 0.3) is 0 Å². The summed E-state index contributed by atoms with van der Waals surface area (Å²) in [7, 11) is 3.32. The summed E-state index contributed by atoms with van der Waals surface area (Å²) in [6.45, 7) is 3.21. The van der Waals surface area contributed by atoms with Crippen LogP contribution in [0.4, 0.5) is 0 Å². The molecule has 4 aromatic rings. The lowest BCUT2D eigenvalue weighted by Gasteiger charge is -2.49. The van der Waals surface area contributed by atoms with E-state index in [-0.39, 0.29) is 11.5 Å². The van der Waals surface area contributed by atoms with Crippen LogP contribution in [0, 0.1) is 6.92 Å². The summed E-state index contributed by atoms with van der Waals surface area (Å²) in [6, 6.07) is 34.2. The Bertz CT molecular complexity index is 1450. The Labute approximate surface area is 263 Å². The van der Waals surface area contributed by atoms with Gasteiger partial charge in [0.2, 0.25) is 0 Å². The smallest absolute Gasteiger partial charge is 0.184 e.